The SMILES string of the molecule is CC(C)=CCC/C(C)=C/C(=O)NC[C@@H](NC(=O)CN)c1ccccc1. The van der Waals surface area contributed by atoms with Crippen molar-refractivity contribution >= 4 is 11.8 Å². The second-order valence-corrected chi connectivity index (χ2v) is 6.29. The molecule has 0 saturated carbocycles. The third-order valence-corrected chi connectivity index (χ3v) is 3.67. The zero-order valence-corrected chi connectivity index (χ0v) is 15.3. The van der Waals surface area contributed by atoms with Crippen LogP contribution in [0.4, 0.5) is 0 Å². The summed E-state index contributed by atoms with van der Waals surface area (Å²) < 4.78 is 0. The molecule has 0 aliphatic carbocycles. The molecule has 1 aromatic carbocycles. The van der Waals surface area contributed by atoms with Gasteiger partial charge in [-0.2, -0.15) is 0 Å². The number of hydrogen-bond donors (Lipinski definition) is 3. The van der Waals surface area contributed by atoms with E-state index in [1.807, 2.05) is 37.3 Å². The van der Waals surface area contributed by atoms with E-state index in [0.717, 1.165) is 24.0 Å². The van der Waals surface area contributed by atoms with Crippen molar-refractivity contribution in [2.75, 3.05) is 13.1 Å². The van der Waals surface area contributed by atoms with Gasteiger partial charge < -0.3 is 16.4 Å². The van der Waals surface area contributed by atoms with Gasteiger partial charge in [-0.3, -0.25) is 9.59 Å². The van der Waals surface area contributed by atoms with Crippen LogP contribution in [0.1, 0.15) is 45.2 Å². The Bertz CT molecular complexity index is 617. The first-order valence-electron chi connectivity index (χ1n) is 8.55. The van der Waals surface area contributed by atoms with Crippen molar-refractivity contribution in [3.05, 3.63) is 59.2 Å². The van der Waals surface area contributed by atoms with Crippen molar-refractivity contribution in [2.24, 2.45) is 5.73 Å². The molecule has 1 rings (SSSR count). The largest absolute Gasteiger partial charge is 0.350 e. The predicted octanol–water partition coefficient (Wildman–Crippen LogP) is 2.61. The second kappa shape index (κ2) is 11.2. The third-order valence-electron chi connectivity index (χ3n) is 3.67. The molecular weight excluding hydrogens is 314 g/mol. The fourth-order valence-corrected chi connectivity index (χ4v) is 2.33. The predicted molar refractivity (Wildman–Crippen MR) is 102 cm³/mol. The van der Waals surface area contributed by atoms with Crippen molar-refractivity contribution in [1.82, 2.24) is 10.6 Å². The summed E-state index contributed by atoms with van der Waals surface area (Å²) in [7, 11) is 0. The van der Waals surface area contributed by atoms with Crippen molar-refractivity contribution in [1.29, 1.82) is 0 Å². The van der Waals surface area contributed by atoms with Crippen LogP contribution in [0, 0.1) is 0 Å². The van der Waals surface area contributed by atoms with Gasteiger partial charge in [0.05, 0.1) is 12.6 Å². The highest BCUT2D eigenvalue weighted by Crippen LogP contribution is 2.11. The molecule has 136 valence electrons. The monoisotopic (exact) mass is 343 g/mol. The molecule has 5 nitrogen and oxygen atoms in total. The summed E-state index contributed by atoms with van der Waals surface area (Å²) in [6.45, 7) is 6.30. The quantitative estimate of drug-likeness (QED) is 0.476. The van der Waals surface area contributed by atoms with Crippen LogP contribution >= 0.6 is 0 Å². The lowest BCUT2D eigenvalue weighted by molar-refractivity contribution is -0.121. The highest BCUT2D eigenvalue weighted by Gasteiger charge is 2.14. The maximum absolute atomic E-state index is 12.1. The fourth-order valence-electron chi connectivity index (χ4n) is 2.33. The van der Waals surface area contributed by atoms with Gasteiger partial charge in [0.2, 0.25) is 11.8 Å². The molecule has 0 radical (unpaired) electrons. The van der Waals surface area contributed by atoms with Gasteiger partial charge in [-0.1, -0.05) is 47.6 Å². The van der Waals surface area contributed by atoms with Gasteiger partial charge in [0, 0.05) is 12.6 Å². The van der Waals surface area contributed by atoms with Crippen LogP contribution in [0.25, 0.3) is 0 Å². The van der Waals surface area contributed by atoms with E-state index in [2.05, 4.69) is 30.6 Å². The molecule has 2 amide bonds. The van der Waals surface area contributed by atoms with Crippen LogP contribution in [0.5, 0.6) is 0 Å². The van der Waals surface area contributed by atoms with Crippen LogP contribution in [0.3, 0.4) is 0 Å². The van der Waals surface area contributed by atoms with E-state index in [0.29, 0.717) is 6.54 Å². The van der Waals surface area contributed by atoms with Crippen LogP contribution in [-0.2, 0) is 9.59 Å². The normalized spacial score (nSPS) is 12.2. The van der Waals surface area contributed by atoms with Gasteiger partial charge in [-0.25, -0.2) is 0 Å². The second-order valence-electron chi connectivity index (χ2n) is 6.29. The Labute approximate surface area is 150 Å². The first-order chi connectivity index (χ1) is 11.9. The van der Waals surface area contributed by atoms with Gasteiger partial charge in [0.15, 0.2) is 0 Å². The molecule has 0 spiro atoms. The van der Waals surface area contributed by atoms with Crippen LogP contribution in [0.2, 0.25) is 0 Å². The Balaban J connectivity index is 2.61. The number of nitrogens with one attached hydrogen (secondary N) is 2. The summed E-state index contributed by atoms with van der Waals surface area (Å²) in [6, 6.07) is 9.21. The maximum atomic E-state index is 12.1. The topological polar surface area (TPSA) is 84.2 Å². The minimum Gasteiger partial charge on any atom is -0.350 e. The number of carbonyl (C=O) groups is 2. The van der Waals surface area contributed by atoms with Gasteiger partial charge in [-0.05, 0) is 39.2 Å². The van der Waals surface area contributed by atoms with Gasteiger partial charge >= 0.3 is 0 Å². The summed E-state index contributed by atoms with van der Waals surface area (Å²) in [4.78, 5) is 23.7. The number of rotatable bonds is 9. The summed E-state index contributed by atoms with van der Waals surface area (Å²) in [5.41, 5.74) is 8.60. The van der Waals surface area contributed by atoms with Crippen molar-refractivity contribution in [2.45, 2.75) is 39.7 Å². The average molecular weight is 343 g/mol. The van der Waals surface area contributed by atoms with Gasteiger partial charge in [-0.15, -0.1) is 0 Å². The van der Waals surface area contributed by atoms with E-state index in [1.165, 1.54) is 5.57 Å². The Morgan fingerprint density at radius 1 is 1.16 bits per heavy atom. The Morgan fingerprint density at radius 2 is 1.84 bits per heavy atom. The Hall–Kier alpha value is -2.40. The molecular formula is C20H29N3O2. The van der Waals surface area contributed by atoms with Crippen LogP contribution < -0.4 is 16.4 Å². The van der Waals surface area contributed by atoms with Crippen LogP contribution in [0.15, 0.2) is 53.6 Å². The third kappa shape index (κ3) is 8.86. The standard InChI is InChI=1S/C20H29N3O2/c1-15(2)8-7-9-16(3)12-19(24)22-14-18(23-20(25)13-21)17-10-5-4-6-11-17/h4-6,8,10-12,18H,7,9,13-14,21H2,1-3H3,(H,22,24)(H,23,25)/b16-12+/t18-/m1/s1. The highest BCUT2D eigenvalue weighted by molar-refractivity contribution is 5.88. The Morgan fingerprint density at radius 3 is 2.44 bits per heavy atom. The summed E-state index contributed by atoms with van der Waals surface area (Å²) in [6.07, 6.45) is 5.55. The Kier molecular flexibility index (Phi) is 9.25. The van der Waals surface area contributed by atoms with Crippen molar-refractivity contribution in [3.8, 4) is 0 Å². The minimum atomic E-state index is -0.305. The molecule has 0 bridgehead atoms. The summed E-state index contributed by atoms with van der Waals surface area (Å²) in [5.74, 6) is -0.408. The van der Waals surface area contributed by atoms with E-state index in [1.54, 1.807) is 6.08 Å². The number of hydrogen-bond acceptors (Lipinski definition) is 3. The lowest BCUT2D eigenvalue weighted by Crippen LogP contribution is -2.40. The zero-order valence-electron chi connectivity index (χ0n) is 15.3. The molecule has 5 heteroatoms. The molecule has 0 aromatic heterocycles. The number of amides is 2. The molecule has 0 aliphatic rings. The molecule has 25 heavy (non-hydrogen) atoms. The van der Waals surface area contributed by atoms with E-state index < -0.39 is 0 Å². The first kappa shape index (κ1) is 20.6. The highest BCUT2D eigenvalue weighted by atomic mass is 16.2. The lowest BCUT2D eigenvalue weighted by atomic mass is 10.1. The van der Waals surface area contributed by atoms with E-state index >= 15 is 0 Å². The fraction of sp³-hybridized carbons (Fsp3) is 0.400. The van der Waals surface area contributed by atoms with Gasteiger partial charge in [0.1, 0.15) is 0 Å². The van der Waals surface area contributed by atoms with Gasteiger partial charge in [0.25, 0.3) is 0 Å². The molecule has 0 fully saturated rings. The lowest BCUT2D eigenvalue weighted by Gasteiger charge is -2.19. The minimum absolute atomic E-state index is 0.0827. The van der Waals surface area contributed by atoms with Crippen molar-refractivity contribution in [3.63, 3.8) is 0 Å². The molecule has 4 N–H and O–H groups in total. The molecule has 1 atom stereocenters. The van der Waals surface area contributed by atoms with E-state index in [9.17, 15) is 9.59 Å². The van der Waals surface area contributed by atoms with E-state index in [-0.39, 0.29) is 24.4 Å². The summed E-state index contributed by atoms with van der Waals surface area (Å²) >= 11 is 0. The molecule has 0 saturated heterocycles. The molecule has 0 unspecified atom stereocenters. The molecule has 0 heterocycles. The first-order valence-corrected chi connectivity index (χ1v) is 8.55. The molecule has 0 aliphatic heterocycles. The number of allylic oxidation sites excluding steroid dienone is 3. The smallest absolute Gasteiger partial charge is 0.244 e. The molecule has 1 aromatic rings. The maximum Gasteiger partial charge on any atom is 0.244 e. The van der Waals surface area contributed by atoms with E-state index in [4.69, 9.17) is 5.73 Å². The number of benzene rings is 1. The number of carbonyl (C=O) groups excluding carboxylic acids is 2. The summed E-state index contributed by atoms with van der Waals surface area (Å²) in [5, 5.41) is 5.69. The number of nitrogens with two attached hydrogens (primary N) is 1. The van der Waals surface area contributed by atoms with Crippen molar-refractivity contribution < 1.29 is 9.59 Å². The average Bonchev–Trinajstić information content (AvgIpc) is 2.58. The van der Waals surface area contributed by atoms with Crippen LogP contribution in [-0.4, -0.2) is 24.9 Å². The zero-order chi connectivity index (χ0) is 18.7.